The van der Waals surface area contributed by atoms with E-state index in [1.54, 1.807) is 0 Å². The van der Waals surface area contributed by atoms with E-state index in [1.165, 1.54) is 11.5 Å². The van der Waals surface area contributed by atoms with Crippen LogP contribution < -0.4 is 4.74 Å². The monoisotopic (exact) mass is 129 g/mol. The van der Waals surface area contributed by atoms with Crippen LogP contribution in [0.2, 0.25) is 0 Å². The molecule has 0 N–H and O–H groups in total. The minimum Gasteiger partial charge on any atom is -0.477 e. The fourth-order valence-corrected chi connectivity index (χ4v) is 0.879. The first-order valence-electron chi connectivity index (χ1n) is 2.46. The average molecular weight is 129 g/mol. The van der Waals surface area contributed by atoms with Gasteiger partial charge in [-0.15, -0.1) is 0 Å². The lowest BCUT2D eigenvalue weighted by Crippen LogP contribution is -1.89. The van der Waals surface area contributed by atoms with Crippen LogP contribution in [0.3, 0.4) is 0 Å². The van der Waals surface area contributed by atoms with E-state index in [2.05, 4.69) is 4.37 Å². The summed E-state index contributed by atoms with van der Waals surface area (Å²) in [5.41, 5.74) is 0. The summed E-state index contributed by atoms with van der Waals surface area (Å²) in [5, 5.41) is 1.89. The van der Waals surface area contributed by atoms with Gasteiger partial charge < -0.3 is 4.74 Å². The Labute approximate surface area is 52.3 Å². The molecule has 0 unspecified atom stereocenters. The number of aromatic nitrogens is 1. The molecule has 0 bridgehead atoms. The van der Waals surface area contributed by atoms with Gasteiger partial charge in [-0.2, -0.15) is 4.37 Å². The minimum absolute atomic E-state index is 0.698. The number of nitrogens with zero attached hydrogens (tertiary/aromatic N) is 1. The molecule has 1 aromatic rings. The number of ether oxygens (including phenoxy) is 1. The fourth-order valence-electron chi connectivity index (χ4n) is 0.424. The van der Waals surface area contributed by atoms with Crippen molar-refractivity contribution in [3.8, 4) is 5.88 Å². The van der Waals surface area contributed by atoms with Crippen LogP contribution in [0.4, 0.5) is 0 Å². The molecule has 0 aliphatic rings. The molecule has 0 aliphatic carbocycles. The molecule has 8 heavy (non-hydrogen) atoms. The van der Waals surface area contributed by atoms with Crippen molar-refractivity contribution in [1.82, 2.24) is 4.37 Å². The van der Waals surface area contributed by atoms with Gasteiger partial charge >= 0.3 is 0 Å². The maximum atomic E-state index is 5.05. The van der Waals surface area contributed by atoms with Crippen molar-refractivity contribution in [2.24, 2.45) is 0 Å². The zero-order valence-electron chi connectivity index (χ0n) is 4.63. The third-order valence-corrected chi connectivity index (χ3v) is 1.25. The van der Waals surface area contributed by atoms with E-state index in [0.29, 0.717) is 6.61 Å². The molecule has 0 aromatic carbocycles. The van der Waals surface area contributed by atoms with Crippen LogP contribution in [0, 0.1) is 0 Å². The first-order chi connectivity index (χ1) is 3.93. The lowest BCUT2D eigenvalue weighted by Gasteiger charge is -1.92. The molecule has 0 radical (unpaired) electrons. The van der Waals surface area contributed by atoms with Gasteiger partial charge in [-0.3, -0.25) is 0 Å². The Kier molecular flexibility index (Phi) is 1.86. The van der Waals surface area contributed by atoms with Crippen molar-refractivity contribution in [2.75, 3.05) is 6.61 Å². The van der Waals surface area contributed by atoms with Gasteiger partial charge in [0.2, 0.25) is 5.88 Å². The molecule has 0 spiro atoms. The fraction of sp³-hybridized carbons (Fsp3) is 0.400. The standard InChI is InChI=1S/C5H7NOS/c1-2-7-5-3-4-8-6-5/h3-4H,2H2,1H3. The normalized spacial score (nSPS) is 9.12. The maximum absolute atomic E-state index is 5.05. The van der Waals surface area contributed by atoms with Crippen LogP contribution in [-0.2, 0) is 0 Å². The molecule has 44 valence electrons. The molecule has 1 rings (SSSR count). The molecule has 0 fully saturated rings. The summed E-state index contributed by atoms with van der Waals surface area (Å²) in [4.78, 5) is 0. The quantitative estimate of drug-likeness (QED) is 0.604. The Balaban J connectivity index is 2.50. The van der Waals surface area contributed by atoms with Gasteiger partial charge in [-0.25, -0.2) is 0 Å². The number of rotatable bonds is 2. The first kappa shape index (κ1) is 5.56. The summed E-state index contributed by atoms with van der Waals surface area (Å²) >= 11 is 1.40. The number of hydrogen-bond donors (Lipinski definition) is 0. The summed E-state index contributed by atoms with van der Waals surface area (Å²) in [6, 6.07) is 1.86. The second-order valence-electron chi connectivity index (χ2n) is 1.27. The van der Waals surface area contributed by atoms with Gasteiger partial charge in [-0.1, -0.05) is 0 Å². The lowest BCUT2D eigenvalue weighted by atomic mass is 10.7. The molecule has 1 heterocycles. The molecule has 0 aliphatic heterocycles. The van der Waals surface area contributed by atoms with Crippen molar-refractivity contribution in [3.05, 3.63) is 11.4 Å². The highest BCUT2D eigenvalue weighted by atomic mass is 32.1. The second kappa shape index (κ2) is 2.67. The molecule has 0 saturated carbocycles. The van der Waals surface area contributed by atoms with Gasteiger partial charge in [-0.05, 0) is 18.5 Å². The Bertz CT molecular complexity index is 138. The molecule has 2 nitrogen and oxygen atoms in total. The third kappa shape index (κ3) is 1.20. The van der Waals surface area contributed by atoms with E-state index >= 15 is 0 Å². The van der Waals surface area contributed by atoms with E-state index in [-0.39, 0.29) is 0 Å². The van der Waals surface area contributed by atoms with E-state index < -0.39 is 0 Å². The topological polar surface area (TPSA) is 22.1 Å². The molecule has 0 atom stereocenters. The third-order valence-electron chi connectivity index (χ3n) is 0.706. The SMILES string of the molecule is CCOc1ccsn1. The van der Waals surface area contributed by atoms with E-state index in [4.69, 9.17) is 4.74 Å². The van der Waals surface area contributed by atoms with Crippen molar-refractivity contribution >= 4 is 11.5 Å². The average Bonchev–Trinajstić information content (AvgIpc) is 2.19. The van der Waals surface area contributed by atoms with Gasteiger partial charge in [0.05, 0.1) is 6.61 Å². The van der Waals surface area contributed by atoms with Gasteiger partial charge in [0.1, 0.15) is 0 Å². The van der Waals surface area contributed by atoms with Gasteiger partial charge in [0.25, 0.3) is 0 Å². The van der Waals surface area contributed by atoms with Crippen molar-refractivity contribution in [2.45, 2.75) is 6.92 Å². The Morgan fingerprint density at radius 3 is 3.25 bits per heavy atom. The largest absolute Gasteiger partial charge is 0.477 e. The maximum Gasteiger partial charge on any atom is 0.225 e. The molecule has 1 aromatic heterocycles. The molecule has 0 amide bonds. The minimum atomic E-state index is 0.698. The lowest BCUT2D eigenvalue weighted by molar-refractivity contribution is 0.330. The summed E-state index contributed by atoms with van der Waals surface area (Å²) in [6.45, 7) is 2.64. The van der Waals surface area contributed by atoms with Crippen LogP contribution in [-0.4, -0.2) is 11.0 Å². The predicted molar refractivity (Wildman–Crippen MR) is 33.3 cm³/mol. The van der Waals surface area contributed by atoms with Crippen molar-refractivity contribution in [3.63, 3.8) is 0 Å². The highest BCUT2D eigenvalue weighted by molar-refractivity contribution is 7.03. The molecule has 3 heteroatoms. The highest BCUT2D eigenvalue weighted by Crippen LogP contribution is 2.07. The van der Waals surface area contributed by atoms with Crippen LogP contribution in [0.1, 0.15) is 6.92 Å². The van der Waals surface area contributed by atoms with Crippen molar-refractivity contribution < 1.29 is 4.74 Å². The van der Waals surface area contributed by atoms with E-state index in [9.17, 15) is 0 Å². The van der Waals surface area contributed by atoms with E-state index in [1.807, 2.05) is 18.4 Å². The van der Waals surface area contributed by atoms with Gasteiger partial charge in [0.15, 0.2) is 0 Å². The van der Waals surface area contributed by atoms with Crippen LogP contribution in [0.25, 0.3) is 0 Å². The Hall–Kier alpha value is -0.570. The zero-order chi connectivity index (χ0) is 5.82. The summed E-state index contributed by atoms with van der Waals surface area (Å²) in [7, 11) is 0. The predicted octanol–water partition coefficient (Wildman–Crippen LogP) is 1.54. The number of hydrogen-bond acceptors (Lipinski definition) is 3. The smallest absolute Gasteiger partial charge is 0.225 e. The molecular weight excluding hydrogens is 122 g/mol. The summed E-state index contributed by atoms with van der Waals surface area (Å²) < 4.78 is 8.97. The zero-order valence-corrected chi connectivity index (χ0v) is 5.44. The van der Waals surface area contributed by atoms with Crippen LogP contribution in [0.5, 0.6) is 5.88 Å². The highest BCUT2D eigenvalue weighted by Gasteiger charge is 1.88. The second-order valence-corrected chi connectivity index (χ2v) is 1.94. The van der Waals surface area contributed by atoms with Crippen molar-refractivity contribution in [1.29, 1.82) is 0 Å². The summed E-state index contributed by atoms with van der Waals surface area (Å²) in [6.07, 6.45) is 0. The van der Waals surface area contributed by atoms with Crippen LogP contribution in [0.15, 0.2) is 11.4 Å². The molecular formula is C5H7NOS. The Morgan fingerprint density at radius 2 is 2.75 bits per heavy atom. The van der Waals surface area contributed by atoms with E-state index in [0.717, 1.165) is 5.88 Å². The summed E-state index contributed by atoms with van der Waals surface area (Å²) in [5.74, 6) is 0.734. The Morgan fingerprint density at radius 1 is 1.88 bits per heavy atom. The van der Waals surface area contributed by atoms with Gasteiger partial charge in [0, 0.05) is 11.4 Å². The molecule has 0 saturated heterocycles. The van der Waals surface area contributed by atoms with Crippen LogP contribution >= 0.6 is 11.5 Å². The first-order valence-corrected chi connectivity index (χ1v) is 3.30.